The number of nitriles is 1. The number of amides is 1. The van der Waals surface area contributed by atoms with Crippen LogP contribution in [-0.4, -0.2) is 22.7 Å². The molecule has 15 heavy (non-hydrogen) atoms. The number of carbonyl (C=O) groups excluding carboxylic acids is 1. The van der Waals surface area contributed by atoms with Crippen LogP contribution in [0.2, 0.25) is 0 Å². The van der Waals surface area contributed by atoms with Crippen molar-refractivity contribution in [1.29, 1.82) is 5.26 Å². The van der Waals surface area contributed by atoms with Crippen LogP contribution in [0.25, 0.3) is 0 Å². The Hall–Kier alpha value is -1.90. The molecule has 1 amide bonds. The third kappa shape index (κ3) is 1.68. The summed E-state index contributed by atoms with van der Waals surface area (Å²) in [4.78, 5) is 11.1. The van der Waals surface area contributed by atoms with Gasteiger partial charge in [-0.25, -0.2) is 5.06 Å². The lowest BCUT2D eigenvalue weighted by molar-refractivity contribution is -0.165. The number of hydrogen-bond acceptors (Lipinski definition) is 4. The monoisotopic (exact) mass is 203 g/mol. The molecule has 5 nitrogen and oxygen atoms in total. The zero-order valence-electron chi connectivity index (χ0n) is 7.84. The van der Waals surface area contributed by atoms with Crippen molar-refractivity contribution in [3.63, 3.8) is 0 Å². The van der Waals surface area contributed by atoms with Crippen molar-refractivity contribution in [2.24, 2.45) is 0 Å². The summed E-state index contributed by atoms with van der Waals surface area (Å²) in [7, 11) is 0. The maximum Gasteiger partial charge on any atom is 0.261 e. The van der Waals surface area contributed by atoms with Gasteiger partial charge in [-0.15, -0.1) is 0 Å². The summed E-state index contributed by atoms with van der Waals surface area (Å²) in [5.41, 5.74) is 1.20. The van der Waals surface area contributed by atoms with Gasteiger partial charge in [0.1, 0.15) is 6.17 Å². The molecular formula is C10H9N3O2. The Balaban J connectivity index is 2.31. The molecule has 0 aromatic heterocycles. The second-order valence-corrected chi connectivity index (χ2v) is 3.26. The first-order chi connectivity index (χ1) is 7.22. The van der Waals surface area contributed by atoms with Gasteiger partial charge in [0.2, 0.25) is 0 Å². The van der Waals surface area contributed by atoms with Gasteiger partial charge < -0.3 is 0 Å². The molecule has 2 N–H and O–H groups in total. The molecule has 1 unspecified atom stereocenters. The Bertz CT molecular complexity index is 439. The Morgan fingerprint density at radius 1 is 1.60 bits per heavy atom. The average molecular weight is 203 g/mol. The zero-order chi connectivity index (χ0) is 10.8. The van der Waals surface area contributed by atoms with Crippen molar-refractivity contribution < 1.29 is 10.0 Å². The highest BCUT2D eigenvalue weighted by molar-refractivity contribution is 5.79. The van der Waals surface area contributed by atoms with Crippen LogP contribution in [0.4, 0.5) is 0 Å². The molecule has 1 aromatic carbocycles. The van der Waals surface area contributed by atoms with E-state index < -0.39 is 6.17 Å². The summed E-state index contributed by atoms with van der Waals surface area (Å²) in [6.45, 7) is 0.109. The van der Waals surface area contributed by atoms with Gasteiger partial charge in [0.05, 0.1) is 18.2 Å². The van der Waals surface area contributed by atoms with Crippen molar-refractivity contribution in [1.82, 2.24) is 10.4 Å². The molecule has 0 bridgehead atoms. The van der Waals surface area contributed by atoms with Gasteiger partial charge in [-0.2, -0.15) is 5.26 Å². The van der Waals surface area contributed by atoms with Crippen LogP contribution in [0, 0.1) is 11.3 Å². The van der Waals surface area contributed by atoms with E-state index in [0.717, 1.165) is 0 Å². The SMILES string of the molecule is N#Cc1cccc(C2NCC(=O)N2O)c1. The molecule has 1 aromatic rings. The number of hydrogen-bond donors (Lipinski definition) is 2. The van der Waals surface area contributed by atoms with Crippen LogP contribution in [0.1, 0.15) is 17.3 Å². The van der Waals surface area contributed by atoms with Gasteiger partial charge in [-0.1, -0.05) is 12.1 Å². The number of rotatable bonds is 1. The van der Waals surface area contributed by atoms with Crippen LogP contribution < -0.4 is 5.32 Å². The second kappa shape index (κ2) is 3.69. The van der Waals surface area contributed by atoms with Gasteiger partial charge in [-0.05, 0) is 17.7 Å². The average Bonchev–Trinajstić information content (AvgIpc) is 2.60. The summed E-state index contributed by atoms with van der Waals surface area (Å²) in [5, 5.41) is 21.6. The molecule has 0 radical (unpaired) electrons. The van der Waals surface area contributed by atoms with E-state index in [2.05, 4.69) is 5.32 Å². The lowest BCUT2D eigenvalue weighted by Gasteiger charge is -2.17. The number of hydroxylamine groups is 2. The summed E-state index contributed by atoms with van der Waals surface area (Å²) in [6, 6.07) is 8.78. The fourth-order valence-corrected chi connectivity index (χ4v) is 1.53. The molecule has 0 saturated carbocycles. The molecule has 1 fully saturated rings. The van der Waals surface area contributed by atoms with Crippen molar-refractivity contribution in [3.05, 3.63) is 35.4 Å². The molecule has 2 rings (SSSR count). The minimum absolute atomic E-state index is 0.109. The van der Waals surface area contributed by atoms with E-state index in [1.807, 2.05) is 6.07 Å². The minimum atomic E-state index is -0.550. The molecule has 1 saturated heterocycles. The van der Waals surface area contributed by atoms with Crippen LogP contribution in [0.5, 0.6) is 0 Å². The largest absolute Gasteiger partial charge is 0.284 e. The Kier molecular flexibility index (Phi) is 2.37. The number of nitrogens with one attached hydrogen (secondary N) is 1. The molecule has 0 aliphatic carbocycles. The number of nitrogens with zero attached hydrogens (tertiary/aromatic N) is 2. The minimum Gasteiger partial charge on any atom is -0.284 e. The maximum absolute atomic E-state index is 11.1. The Morgan fingerprint density at radius 3 is 3.00 bits per heavy atom. The Labute approximate surface area is 86.5 Å². The van der Waals surface area contributed by atoms with Crippen molar-refractivity contribution in [3.8, 4) is 6.07 Å². The quantitative estimate of drug-likeness (QED) is 0.647. The lowest BCUT2D eigenvalue weighted by atomic mass is 10.1. The predicted molar refractivity (Wildman–Crippen MR) is 50.5 cm³/mol. The molecule has 76 valence electrons. The normalized spacial score (nSPS) is 20.4. The van der Waals surface area contributed by atoms with Gasteiger partial charge in [-0.3, -0.25) is 15.3 Å². The number of benzene rings is 1. The van der Waals surface area contributed by atoms with Gasteiger partial charge in [0.15, 0.2) is 0 Å². The molecule has 1 atom stereocenters. The first kappa shape index (κ1) is 9.65. The fraction of sp³-hybridized carbons (Fsp3) is 0.200. The second-order valence-electron chi connectivity index (χ2n) is 3.26. The molecule has 1 heterocycles. The lowest BCUT2D eigenvalue weighted by Crippen LogP contribution is -2.26. The smallest absolute Gasteiger partial charge is 0.261 e. The maximum atomic E-state index is 11.1. The van der Waals surface area contributed by atoms with E-state index in [1.54, 1.807) is 24.3 Å². The standard InChI is InChI=1S/C10H9N3O2/c11-5-7-2-1-3-8(4-7)10-12-6-9(14)13(10)15/h1-4,10,12,15H,6H2. The number of carbonyl (C=O) groups is 1. The summed E-state index contributed by atoms with van der Waals surface area (Å²) < 4.78 is 0. The molecule has 0 spiro atoms. The molecular weight excluding hydrogens is 194 g/mol. The molecule has 1 aliphatic rings. The zero-order valence-corrected chi connectivity index (χ0v) is 7.84. The van der Waals surface area contributed by atoms with Crippen molar-refractivity contribution in [2.75, 3.05) is 6.54 Å². The van der Waals surface area contributed by atoms with E-state index >= 15 is 0 Å². The van der Waals surface area contributed by atoms with Crippen LogP contribution >= 0.6 is 0 Å². The van der Waals surface area contributed by atoms with Crippen LogP contribution in [-0.2, 0) is 4.79 Å². The van der Waals surface area contributed by atoms with Gasteiger partial charge in [0, 0.05) is 0 Å². The van der Waals surface area contributed by atoms with Crippen LogP contribution in [0.15, 0.2) is 24.3 Å². The predicted octanol–water partition coefficient (Wildman–Crippen LogP) is 0.378. The van der Waals surface area contributed by atoms with Crippen molar-refractivity contribution in [2.45, 2.75) is 6.17 Å². The topological polar surface area (TPSA) is 76.4 Å². The summed E-state index contributed by atoms with van der Waals surface area (Å²) in [5.74, 6) is -0.373. The van der Waals surface area contributed by atoms with E-state index in [0.29, 0.717) is 16.2 Å². The van der Waals surface area contributed by atoms with E-state index in [4.69, 9.17) is 5.26 Å². The Morgan fingerprint density at radius 2 is 2.40 bits per heavy atom. The fourth-order valence-electron chi connectivity index (χ4n) is 1.53. The van der Waals surface area contributed by atoms with Crippen molar-refractivity contribution >= 4 is 5.91 Å². The molecule has 5 heteroatoms. The first-order valence-corrected chi connectivity index (χ1v) is 4.47. The van der Waals surface area contributed by atoms with Gasteiger partial charge >= 0.3 is 0 Å². The summed E-state index contributed by atoms with van der Waals surface area (Å²) in [6.07, 6.45) is -0.550. The highest BCUT2D eigenvalue weighted by atomic mass is 16.5. The summed E-state index contributed by atoms with van der Waals surface area (Å²) >= 11 is 0. The van der Waals surface area contributed by atoms with E-state index in [9.17, 15) is 10.0 Å². The molecule has 1 aliphatic heterocycles. The van der Waals surface area contributed by atoms with E-state index in [1.165, 1.54) is 0 Å². The highest BCUT2D eigenvalue weighted by Gasteiger charge is 2.30. The first-order valence-electron chi connectivity index (χ1n) is 4.47. The third-order valence-electron chi connectivity index (χ3n) is 2.28. The van der Waals surface area contributed by atoms with Crippen LogP contribution in [0.3, 0.4) is 0 Å². The van der Waals surface area contributed by atoms with E-state index in [-0.39, 0.29) is 12.5 Å². The highest BCUT2D eigenvalue weighted by Crippen LogP contribution is 2.20. The third-order valence-corrected chi connectivity index (χ3v) is 2.28. The van der Waals surface area contributed by atoms with Gasteiger partial charge in [0.25, 0.3) is 5.91 Å².